The molecule has 1 aliphatic rings. The minimum absolute atomic E-state index is 0.254. The molecule has 0 spiro atoms. The largest absolute Gasteiger partial charge is 0.490 e. The minimum Gasteiger partial charge on any atom is -0.490 e. The number of rotatable bonds is 4. The smallest absolute Gasteiger partial charge is 0.410 e. The first-order valence-electron chi connectivity index (χ1n) is 9.12. The maximum Gasteiger partial charge on any atom is 0.410 e. The maximum atomic E-state index is 12.4. The summed E-state index contributed by atoms with van der Waals surface area (Å²) in [5, 5.41) is 1.12. The molecular weight excluding hydrogens is 330 g/mol. The van der Waals surface area contributed by atoms with E-state index in [2.05, 4.69) is 16.0 Å². The molecule has 0 saturated carbocycles. The Morgan fingerprint density at radius 1 is 1.31 bits per heavy atom. The number of aromatic nitrogens is 1. The van der Waals surface area contributed by atoms with Gasteiger partial charge in [-0.25, -0.2) is 4.79 Å². The standard InChI is InChI=1S/C20H29N3O3/c1-20(2,3)26-19(24)23-10-9-16-15(13-23)14-7-6-8-17(18(14)21-16)25-12-11-22(4)5/h6-8,21H,9-13H2,1-5H3. The Morgan fingerprint density at radius 3 is 2.77 bits per heavy atom. The number of hydrogen-bond donors (Lipinski definition) is 1. The van der Waals surface area contributed by atoms with Crippen LogP contribution < -0.4 is 4.74 Å². The molecule has 0 atom stereocenters. The van der Waals surface area contributed by atoms with Crippen LogP contribution in [-0.2, 0) is 17.7 Å². The predicted molar refractivity (Wildman–Crippen MR) is 103 cm³/mol. The molecule has 1 amide bonds. The molecule has 0 radical (unpaired) electrons. The number of hydrogen-bond acceptors (Lipinski definition) is 4. The highest BCUT2D eigenvalue weighted by molar-refractivity contribution is 5.90. The lowest BCUT2D eigenvalue weighted by Crippen LogP contribution is -2.39. The van der Waals surface area contributed by atoms with Crippen molar-refractivity contribution >= 4 is 17.0 Å². The fraction of sp³-hybridized carbons (Fsp3) is 0.550. The molecule has 0 aliphatic carbocycles. The summed E-state index contributed by atoms with van der Waals surface area (Å²) in [5.74, 6) is 0.863. The monoisotopic (exact) mass is 359 g/mol. The third kappa shape index (κ3) is 4.12. The van der Waals surface area contributed by atoms with E-state index in [1.807, 2.05) is 47.0 Å². The number of amides is 1. The Hall–Kier alpha value is -2.21. The van der Waals surface area contributed by atoms with Gasteiger partial charge in [0.1, 0.15) is 18.0 Å². The van der Waals surface area contributed by atoms with Crippen LogP contribution in [0.1, 0.15) is 32.0 Å². The Bertz CT molecular complexity index is 789. The second-order valence-electron chi connectivity index (χ2n) is 8.06. The summed E-state index contributed by atoms with van der Waals surface area (Å²) in [5.41, 5.74) is 2.88. The van der Waals surface area contributed by atoms with Crippen molar-refractivity contribution in [3.8, 4) is 5.75 Å². The van der Waals surface area contributed by atoms with E-state index in [0.29, 0.717) is 19.7 Å². The second kappa shape index (κ2) is 7.19. The molecule has 1 aromatic heterocycles. The molecule has 142 valence electrons. The Kier molecular flexibility index (Phi) is 5.14. The van der Waals surface area contributed by atoms with Gasteiger partial charge in [-0.3, -0.25) is 0 Å². The lowest BCUT2D eigenvalue weighted by Gasteiger charge is -2.30. The number of carbonyl (C=O) groups is 1. The molecule has 1 aliphatic heterocycles. The average Bonchev–Trinajstić information content (AvgIpc) is 2.91. The van der Waals surface area contributed by atoms with Crippen molar-refractivity contribution in [3.63, 3.8) is 0 Å². The first kappa shape index (κ1) is 18.6. The number of carbonyl (C=O) groups excluding carboxylic acids is 1. The first-order valence-corrected chi connectivity index (χ1v) is 9.12. The van der Waals surface area contributed by atoms with E-state index >= 15 is 0 Å². The number of ether oxygens (including phenoxy) is 2. The van der Waals surface area contributed by atoms with Gasteiger partial charge in [0.15, 0.2) is 0 Å². The van der Waals surface area contributed by atoms with Crippen molar-refractivity contribution in [2.24, 2.45) is 0 Å². The number of benzene rings is 1. The summed E-state index contributed by atoms with van der Waals surface area (Å²) < 4.78 is 11.5. The van der Waals surface area contributed by atoms with Gasteiger partial charge in [-0.05, 0) is 40.9 Å². The van der Waals surface area contributed by atoms with Crippen LogP contribution in [-0.4, -0.2) is 60.3 Å². The number of para-hydroxylation sites is 1. The van der Waals surface area contributed by atoms with Crippen molar-refractivity contribution in [1.82, 2.24) is 14.8 Å². The molecule has 0 bridgehead atoms. The van der Waals surface area contributed by atoms with Crippen LogP contribution in [0.4, 0.5) is 4.79 Å². The molecule has 0 saturated heterocycles. The zero-order chi connectivity index (χ0) is 18.9. The quantitative estimate of drug-likeness (QED) is 0.909. The van der Waals surface area contributed by atoms with E-state index in [-0.39, 0.29) is 6.09 Å². The van der Waals surface area contributed by atoms with Gasteiger partial charge in [-0.15, -0.1) is 0 Å². The van der Waals surface area contributed by atoms with Crippen molar-refractivity contribution in [1.29, 1.82) is 0 Å². The molecule has 1 aromatic carbocycles. The van der Waals surface area contributed by atoms with Gasteiger partial charge in [0, 0.05) is 36.2 Å². The van der Waals surface area contributed by atoms with Gasteiger partial charge in [0.05, 0.1) is 12.1 Å². The lowest BCUT2D eigenvalue weighted by molar-refractivity contribution is 0.0224. The van der Waals surface area contributed by atoms with Crippen molar-refractivity contribution in [2.75, 3.05) is 33.8 Å². The van der Waals surface area contributed by atoms with E-state index in [1.165, 1.54) is 5.69 Å². The average molecular weight is 359 g/mol. The van der Waals surface area contributed by atoms with Gasteiger partial charge < -0.3 is 24.3 Å². The summed E-state index contributed by atoms with van der Waals surface area (Å²) in [6.45, 7) is 8.40. The first-order chi connectivity index (χ1) is 12.2. The summed E-state index contributed by atoms with van der Waals surface area (Å²) in [7, 11) is 4.06. The third-order valence-corrected chi connectivity index (χ3v) is 4.42. The lowest BCUT2D eigenvalue weighted by atomic mass is 10.0. The summed E-state index contributed by atoms with van der Waals surface area (Å²) in [4.78, 5) is 19.8. The molecule has 0 unspecified atom stereocenters. The summed E-state index contributed by atoms with van der Waals surface area (Å²) >= 11 is 0. The van der Waals surface area contributed by atoms with Crippen molar-refractivity contribution in [2.45, 2.75) is 39.3 Å². The zero-order valence-electron chi connectivity index (χ0n) is 16.4. The van der Waals surface area contributed by atoms with Gasteiger partial charge in [-0.2, -0.15) is 0 Å². The molecular formula is C20H29N3O3. The van der Waals surface area contributed by atoms with Gasteiger partial charge >= 0.3 is 6.09 Å². The Balaban J connectivity index is 1.81. The molecule has 3 rings (SSSR count). The summed E-state index contributed by atoms with van der Waals surface area (Å²) in [6, 6.07) is 6.08. The Labute approximate surface area is 155 Å². The number of H-pyrrole nitrogens is 1. The highest BCUT2D eigenvalue weighted by atomic mass is 16.6. The normalized spacial score (nSPS) is 14.6. The van der Waals surface area contributed by atoms with E-state index in [0.717, 1.165) is 35.2 Å². The molecule has 6 heteroatoms. The van der Waals surface area contributed by atoms with Crippen molar-refractivity contribution < 1.29 is 14.3 Å². The molecule has 0 fully saturated rings. The zero-order valence-corrected chi connectivity index (χ0v) is 16.4. The molecule has 6 nitrogen and oxygen atoms in total. The van der Waals surface area contributed by atoms with E-state index in [9.17, 15) is 4.79 Å². The number of nitrogens with one attached hydrogen (secondary N) is 1. The van der Waals surface area contributed by atoms with Gasteiger partial charge in [0.25, 0.3) is 0 Å². The van der Waals surface area contributed by atoms with Gasteiger partial charge in [-0.1, -0.05) is 12.1 Å². The molecule has 2 heterocycles. The van der Waals surface area contributed by atoms with Crippen LogP contribution in [0, 0.1) is 0 Å². The minimum atomic E-state index is -0.481. The maximum absolute atomic E-state index is 12.4. The van der Waals surface area contributed by atoms with Crippen molar-refractivity contribution in [3.05, 3.63) is 29.5 Å². The van der Waals surface area contributed by atoms with Crippen LogP contribution in [0.2, 0.25) is 0 Å². The van der Waals surface area contributed by atoms with Crippen LogP contribution in [0.25, 0.3) is 10.9 Å². The van der Waals surface area contributed by atoms with Crippen LogP contribution in [0.3, 0.4) is 0 Å². The number of fused-ring (bicyclic) bond motifs is 3. The molecule has 26 heavy (non-hydrogen) atoms. The van der Waals surface area contributed by atoms with Crippen LogP contribution in [0.5, 0.6) is 5.75 Å². The number of nitrogens with zero attached hydrogens (tertiary/aromatic N) is 2. The highest BCUT2D eigenvalue weighted by Gasteiger charge is 2.28. The SMILES string of the molecule is CN(C)CCOc1cccc2c3c([nH]c12)CCN(C(=O)OC(C)(C)C)C3. The van der Waals surface area contributed by atoms with Gasteiger partial charge in [0.2, 0.25) is 0 Å². The fourth-order valence-corrected chi connectivity index (χ4v) is 3.15. The Morgan fingerprint density at radius 2 is 2.08 bits per heavy atom. The third-order valence-electron chi connectivity index (χ3n) is 4.42. The van der Waals surface area contributed by atoms with Crippen LogP contribution >= 0.6 is 0 Å². The van der Waals surface area contributed by atoms with E-state index < -0.39 is 5.60 Å². The van der Waals surface area contributed by atoms with E-state index in [1.54, 1.807) is 4.90 Å². The fourth-order valence-electron chi connectivity index (χ4n) is 3.15. The molecule has 2 aromatic rings. The molecule has 1 N–H and O–H groups in total. The number of likely N-dealkylation sites (N-methyl/N-ethyl adjacent to an activating group) is 1. The second-order valence-corrected chi connectivity index (χ2v) is 8.06. The van der Waals surface area contributed by atoms with E-state index in [4.69, 9.17) is 9.47 Å². The highest BCUT2D eigenvalue weighted by Crippen LogP contribution is 2.33. The summed E-state index contributed by atoms with van der Waals surface area (Å²) in [6.07, 6.45) is 0.538. The topological polar surface area (TPSA) is 57.8 Å². The van der Waals surface area contributed by atoms with Crippen LogP contribution in [0.15, 0.2) is 18.2 Å². The predicted octanol–water partition coefficient (Wildman–Crippen LogP) is 3.40. The number of aromatic amines is 1.